The van der Waals surface area contributed by atoms with Gasteiger partial charge in [0.1, 0.15) is 0 Å². The van der Waals surface area contributed by atoms with Crippen LogP contribution in [0.4, 0.5) is 11.5 Å². The Morgan fingerprint density at radius 3 is 2.75 bits per heavy atom. The Morgan fingerprint density at radius 2 is 2.12 bits per heavy atom. The minimum absolute atomic E-state index is 0.000421. The number of aromatic amines is 1. The summed E-state index contributed by atoms with van der Waals surface area (Å²) in [6.07, 6.45) is 2.80. The first-order valence-electron chi connectivity index (χ1n) is 6.70. The molecule has 0 spiro atoms. The molecule has 1 aromatic heterocycles. The van der Waals surface area contributed by atoms with Crippen molar-refractivity contribution in [1.82, 2.24) is 20.4 Å². The maximum absolute atomic E-state index is 11.6. The SMILES string of the molecule is CNC(=O)c1[nH]cnc1/N=N/N(C)/N=C/c1ccc([N+](=O)[O-])cc1. The van der Waals surface area contributed by atoms with E-state index in [-0.39, 0.29) is 23.1 Å². The Kier molecular flexibility index (Phi) is 5.28. The van der Waals surface area contributed by atoms with Crippen molar-refractivity contribution in [2.75, 3.05) is 14.1 Å². The number of nitrogens with zero attached hydrogens (tertiary/aromatic N) is 6. The summed E-state index contributed by atoms with van der Waals surface area (Å²) in [5.74, 6) is -0.231. The Balaban J connectivity index is 2.02. The number of nitrogens with one attached hydrogen (secondary N) is 2. The molecule has 0 unspecified atom stereocenters. The molecule has 0 aliphatic heterocycles. The van der Waals surface area contributed by atoms with E-state index in [4.69, 9.17) is 0 Å². The fraction of sp³-hybridized carbons (Fsp3) is 0.154. The normalized spacial score (nSPS) is 11.1. The van der Waals surface area contributed by atoms with Crippen LogP contribution in [0.1, 0.15) is 16.1 Å². The largest absolute Gasteiger partial charge is 0.354 e. The summed E-state index contributed by atoms with van der Waals surface area (Å²) in [4.78, 5) is 28.2. The van der Waals surface area contributed by atoms with Crippen LogP contribution >= 0.6 is 0 Å². The number of H-pyrrole nitrogens is 1. The molecule has 0 aliphatic carbocycles. The Labute approximate surface area is 136 Å². The lowest BCUT2D eigenvalue weighted by molar-refractivity contribution is -0.384. The fourth-order valence-corrected chi connectivity index (χ4v) is 1.62. The number of benzene rings is 1. The lowest BCUT2D eigenvalue weighted by Gasteiger charge is -2.02. The van der Waals surface area contributed by atoms with Gasteiger partial charge in [-0.3, -0.25) is 14.9 Å². The molecule has 0 saturated carbocycles. The third kappa shape index (κ3) is 4.19. The van der Waals surface area contributed by atoms with E-state index in [1.54, 1.807) is 12.1 Å². The third-order valence-electron chi connectivity index (χ3n) is 2.82. The van der Waals surface area contributed by atoms with E-state index < -0.39 is 4.92 Å². The van der Waals surface area contributed by atoms with E-state index in [0.29, 0.717) is 5.56 Å². The minimum Gasteiger partial charge on any atom is -0.354 e. The lowest BCUT2D eigenvalue weighted by Crippen LogP contribution is -2.18. The van der Waals surface area contributed by atoms with Gasteiger partial charge in [-0.1, -0.05) is 0 Å². The second-order valence-electron chi connectivity index (χ2n) is 4.45. The van der Waals surface area contributed by atoms with E-state index in [1.165, 1.54) is 43.9 Å². The monoisotopic (exact) mass is 330 g/mol. The van der Waals surface area contributed by atoms with E-state index in [1.807, 2.05) is 0 Å². The summed E-state index contributed by atoms with van der Waals surface area (Å²) >= 11 is 0. The number of amides is 1. The number of carbonyl (C=O) groups excluding carboxylic acids is 1. The van der Waals surface area contributed by atoms with Gasteiger partial charge in [-0.05, 0) is 22.9 Å². The highest BCUT2D eigenvalue weighted by atomic mass is 16.6. The van der Waals surface area contributed by atoms with Crippen molar-refractivity contribution in [2.45, 2.75) is 0 Å². The van der Waals surface area contributed by atoms with Crippen LogP contribution in [-0.2, 0) is 0 Å². The van der Waals surface area contributed by atoms with Crippen LogP contribution in [0.25, 0.3) is 0 Å². The quantitative estimate of drug-likeness (QED) is 0.358. The first-order chi connectivity index (χ1) is 11.5. The van der Waals surface area contributed by atoms with Crippen molar-refractivity contribution in [3.8, 4) is 0 Å². The molecule has 0 saturated heterocycles. The predicted molar refractivity (Wildman–Crippen MR) is 84.9 cm³/mol. The van der Waals surface area contributed by atoms with Crippen LogP contribution in [0.3, 0.4) is 0 Å². The molecule has 2 rings (SSSR count). The van der Waals surface area contributed by atoms with Crippen LogP contribution in [-0.4, -0.2) is 46.2 Å². The van der Waals surface area contributed by atoms with Gasteiger partial charge >= 0.3 is 0 Å². The Bertz CT molecular complexity index is 781. The molecule has 124 valence electrons. The van der Waals surface area contributed by atoms with E-state index in [9.17, 15) is 14.9 Å². The zero-order valence-electron chi connectivity index (χ0n) is 12.9. The van der Waals surface area contributed by atoms with E-state index in [2.05, 4.69) is 30.7 Å². The smallest absolute Gasteiger partial charge is 0.271 e. The van der Waals surface area contributed by atoms with Crippen molar-refractivity contribution in [1.29, 1.82) is 0 Å². The van der Waals surface area contributed by atoms with Crippen molar-refractivity contribution < 1.29 is 9.72 Å². The molecule has 1 aromatic carbocycles. The first-order valence-corrected chi connectivity index (χ1v) is 6.70. The average molecular weight is 330 g/mol. The van der Waals surface area contributed by atoms with Gasteiger partial charge < -0.3 is 10.3 Å². The topological polar surface area (TPSA) is 141 Å². The van der Waals surface area contributed by atoms with Gasteiger partial charge in [0, 0.05) is 19.2 Å². The van der Waals surface area contributed by atoms with Crippen LogP contribution in [0.15, 0.2) is 46.0 Å². The third-order valence-corrected chi connectivity index (χ3v) is 2.82. The molecule has 11 nitrogen and oxygen atoms in total. The average Bonchev–Trinajstić information content (AvgIpc) is 3.06. The number of nitro groups is 1. The van der Waals surface area contributed by atoms with Crippen molar-refractivity contribution in [3.63, 3.8) is 0 Å². The molecule has 1 amide bonds. The molecular weight excluding hydrogens is 316 g/mol. The summed E-state index contributed by atoms with van der Waals surface area (Å²) in [5.41, 5.74) is 0.850. The van der Waals surface area contributed by atoms with E-state index >= 15 is 0 Å². The highest BCUT2D eigenvalue weighted by molar-refractivity contribution is 5.95. The van der Waals surface area contributed by atoms with Crippen LogP contribution in [0.5, 0.6) is 0 Å². The minimum atomic E-state index is -0.477. The molecule has 0 fully saturated rings. The highest BCUT2D eigenvalue weighted by Crippen LogP contribution is 2.14. The fourth-order valence-electron chi connectivity index (χ4n) is 1.62. The number of hydrogen-bond donors (Lipinski definition) is 2. The van der Waals surface area contributed by atoms with Crippen LogP contribution in [0.2, 0.25) is 0 Å². The van der Waals surface area contributed by atoms with Gasteiger partial charge in [-0.2, -0.15) is 10.2 Å². The number of aromatic nitrogens is 2. The predicted octanol–water partition coefficient (Wildman–Crippen LogP) is 1.64. The number of carbonyl (C=O) groups is 1. The maximum Gasteiger partial charge on any atom is 0.271 e. The number of non-ortho nitro benzene ring substituents is 1. The number of imidazole rings is 1. The number of nitro benzene ring substituents is 1. The molecule has 0 atom stereocenters. The second-order valence-corrected chi connectivity index (χ2v) is 4.45. The number of hydrogen-bond acceptors (Lipinski definition) is 7. The van der Waals surface area contributed by atoms with Gasteiger partial charge in [-0.15, -0.1) is 5.11 Å². The molecule has 24 heavy (non-hydrogen) atoms. The standard InChI is InChI=1S/C13H14N8O3/c1-14-13(22)11-12(16-8-15-11)18-19-20(2)17-7-9-3-5-10(6-4-9)21(23)24/h3-8H,1-2H3,(H,14,22)(H,15,16)/b17-7+,19-18+. The molecule has 0 bridgehead atoms. The second kappa shape index (κ2) is 7.58. The molecule has 11 heteroatoms. The zero-order valence-corrected chi connectivity index (χ0v) is 12.9. The Morgan fingerprint density at radius 1 is 1.42 bits per heavy atom. The lowest BCUT2D eigenvalue weighted by atomic mass is 10.2. The van der Waals surface area contributed by atoms with Crippen molar-refractivity contribution in [2.24, 2.45) is 15.4 Å². The van der Waals surface area contributed by atoms with E-state index in [0.717, 1.165) is 0 Å². The van der Waals surface area contributed by atoms with Crippen LogP contribution in [0, 0.1) is 10.1 Å². The maximum atomic E-state index is 11.6. The number of rotatable bonds is 6. The molecule has 0 aliphatic rings. The van der Waals surface area contributed by atoms with Gasteiger partial charge in [0.25, 0.3) is 11.6 Å². The zero-order chi connectivity index (χ0) is 17.5. The molecule has 2 N–H and O–H groups in total. The Hall–Kier alpha value is -3.63. The molecule has 2 aromatic rings. The van der Waals surface area contributed by atoms with Gasteiger partial charge in [-0.25, -0.2) is 4.98 Å². The molecule has 1 heterocycles. The highest BCUT2D eigenvalue weighted by Gasteiger charge is 2.12. The summed E-state index contributed by atoms with van der Waals surface area (Å²) in [7, 11) is 3.03. The number of hydrazone groups is 1. The summed E-state index contributed by atoms with van der Waals surface area (Å²) in [5, 5.41) is 25.8. The van der Waals surface area contributed by atoms with Crippen molar-refractivity contribution >= 4 is 23.6 Å². The molecule has 0 radical (unpaired) electrons. The summed E-state index contributed by atoms with van der Waals surface area (Å²) < 4.78 is 0. The van der Waals surface area contributed by atoms with Gasteiger partial charge in [0.15, 0.2) is 5.69 Å². The van der Waals surface area contributed by atoms with Crippen molar-refractivity contribution in [3.05, 3.63) is 52.0 Å². The van der Waals surface area contributed by atoms with Crippen LogP contribution < -0.4 is 5.32 Å². The molecular formula is C13H14N8O3. The summed E-state index contributed by atoms with van der Waals surface area (Å²) in [6, 6.07) is 5.87. The first kappa shape index (κ1) is 16.7. The van der Waals surface area contributed by atoms with Gasteiger partial charge in [0.05, 0.1) is 24.5 Å². The summed E-state index contributed by atoms with van der Waals surface area (Å²) in [6.45, 7) is 0. The van der Waals surface area contributed by atoms with Gasteiger partial charge in [0.2, 0.25) is 5.82 Å².